The lowest BCUT2D eigenvalue weighted by molar-refractivity contribution is 0.0974. The molecule has 0 bridgehead atoms. The van der Waals surface area contributed by atoms with Crippen molar-refractivity contribution in [2.45, 2.75) is 83.3 Å². The molecule has 0 aromatic carbocycles. The van der Waals surface area contributed by atoms with Crippen LogP contribution < -0.4 is 5.73 Å². The van der Waals surface area contributed by atoms with E-state index in [1.165, 1.54) is 57.8 Å². The van der Waals surface area contributed by atoms with E-state index in [0.717, 1.165) is 18.4 Å². The van der Waals surface area contributed by atoms with Crippen molar-refractivity contribution in [3.05, 3.63) is 0 Å². The van der Waals surface area contributed by atoms with Crippen LogP contribution in [0.2, 0.25) is 0 Å². The summed E-state index contributed by atoms with van der Waals surface area (Å²) in [5.74, 6) is 1.75. The molecule has 1 atom stereocenters. The van der Waals surface area contributed by atoms with E-state index < -0.39 is 0 Å². The Bertz CT molecular complexity index is 237. The van der Waals surface area contributed by atoms with Gasteiger partial charge in [0.25, 0.3) is 0 Å². The van der Waals surface area contributed by atoms with Crippen LogP contribution in [0.1, 0.15) is 71.6 Å². The molecule has 1 unspecified atom stereocenters. The van der Waals surface area contributed by atoms with E-state index in [0.29, 0.717) is 6.10 Å². The summed E-state index contributed by atoms with van der Waals surface area (Å²) in [5.41, 5.74) is 6.71. The minimum absolute atomic E-state index is 0.143. The maximum Gasteiger partial charge on any atom is 0.0576 e. The molecule has 2 fully saturated rings. The smallest absolute Gasteiger partial charge is 0.0576 e. The van der Waals surface area contributed by atoms with E-state index in [1.807, 2.05) is 0 Å². The average molecular weight is 253 g/mol. The van der Waals surface area contributed by atoms with Crippen molar-refractivity contribution in [1.82, 2.24) is 0 Å². The predicted octanol–water partition coefficient (Wildman–Crippen LogP) is 3.88. The molecule has 0 aromatic heterocycles. The first kappa shape index (κ1) is 14.3. The largest absolute Gasteiger partial charge is 0.378 e. The Hall–Kier alpha value is -0.0800. The predicted molar refractivity (Wildman–Crippen MR) is 76.5 cm³/mol. The van der Waals surface area contributed by atoms with Gasteiger partial charge in [-0.2, -0.15) is 0 Å². The fourth-order valence-electron chi connectivity index (χ4n) is 3.69. The highest BCUT2D eigenvalue weighted by atomic mass is 16.5. The second kappa shape index (κ2) is 6.38. The van der Waals surface area contributed by atoms with Crippen LogP contribution in [0.25, 0.3) is 0 Å². The molecule has 106 valence electrons. The van der Waals surface area contributed by atoms with E-state index >= 15 is 0 Å². The fraction of sp³-hybridized carbons (Fsp3) is 1.00. The van der Waals surface area contributed by atoms with Crippen molar-refractivity contribution in [1.29, 1.82) is 0 Å². The summed E-state index contributed by atoms with van der Waals surface area (Å²) < 4.78 is 5.68. The first-order chi connectivity index (χ1) is 8.59. The molecule has 0 aromatic rings. The molecular formula is C16H31NO. The van der Waals surface area contributed by atoms with Gasteiger partial charge in [0.2, 0.25) is 0 Å². The molecule has 1 aliphatic carbocycles. The molecule has 0 spiro atoms. The van der Waals surface area contributed by atoms with Crippen molar-refractivity contribution in [2.24, 2.45) is 17.6 Å². The highest BCUT2D eigenvalue weighted by molar-refractivity contribution is 4.90. The van der Waals surface area contributed by atoms with Gasteiger partial charge in [-0.1, -0.05) is 13.8 Å². The highest BCUT2D eigenvalue weighted by Crippen LogP contribution is 2.37. The SMILES string of the molecule is CC(C)C1CCC(N)(CCCC2CCCO2)CC1. The van der Waals surface area contributed by atoms with Crippen LogP contribution in [0.15, 0.2) is 0 Å². The third-order valence-corrected chi connectivity index (χ3v) is 5.19. The molecule has 2 aliphatic rings. The molecular weight excluding hydrogens is 222 g/mol. The monoisotopic (exact) mass is 253 g/mol. The maximum absolute atomic E-state index is 6.57. The van der Waals surface area contributed by atoms with Gasteiger partial charge >= 0.3 is 0 Å². The zero-order valence-electron chi connectivity index (χ0n) is 12.3. The van der Waals surface area contributed by atoms with Gasteiger partial charge in [0, 0.05) is 12.1 Å². The maximum atomic E-state index is 6.57. The number of hydrogen-bond acceptors (Lipinski definition) is 2. The number of rotatable bonds is 5. The summed E-state index contributed by atoms with van der Waals surface area (Å²) in [5, 5.41) is 0. The summed E-state index contributed by atoms with van der Waals surface area (Å²) in [6.45, 7) is 5.69. The van der Waals surface area contributed by atoms with Crippen molar-refractivity contribution in [3.8, 4) is 0 Å². The molecule has 2 heteroatoms. The van der Waals surface area contributed by atoms with E-state index in [4.69, 9.17) is 10.5 Å². The van der Waals surface area contributed by atoms with Crippen LogP contribution in [-0.4, -0.2) is 18.2 Å². The Morgan fingerprint density at radius 2 is 1.94 bits per heavy atom. The molecule has 2 nitrogen and oxygen atoms in total. The van der Waals surface area contributed by atoms with Crippen LogP contribution in [0.3, 0.4) is 0 Å². The zero-order valence-corrected chi connectivity index (χ0v) is 12.3. The molecule has 1 aliphatic heterocycles. The molecule has 1 saturated heterocycles. The molecule has 1 saturated carbocycles. The van der Waals surface area contributed by atoms with Crippen LogP contribution >= 0.6 is 0 Å². The lowest BCUT2D eigenvalue weighted by atomic mass is 9.71. The average Bonchev–Trinajstić information content (AvgIpc) is 2.82. The van der Waals surface area contributed by atoms with E-state index in [9.17, 15) is 0 Å². The molecule has 18 heavy (non-hydrogen) atoms. The number of ether oxygens (including phenoxy) is 1. The molecule has 0 radical (unpaired) electrons. The summed E-state index contributed by atoms with van der Waals surface area (Å²) in [6.07, 6.45) is 11.9. The second-order valence-electron chi connectivity index (χ2n) is 6.97. The van der Waals surface area contributed by atoms with Gasteiger partial charge in [-0.05, 0) is 69.6 Å². The first-order valence-electron chi connectivity index (χ1n) is 7.99. The van der Waals surface area contributed by atoms with Crippen LogP contribution in [0.4, 0.5) is 0 Å². The van der Waals surface area contributed by atoms with Gasteiger partial charge in [0.05, 0.1) is 6.10 Å². The minimum Gasteiger partial charge on any atom is -0.378 e. The van der Waals surface area contributed by atoms with Gasteiger partial charge in [-0.15, -0.1) is 0 Å². The Labute approximate surface area is 113 Å². The third kappa shape index (κ3) is 3.96. The second-order valence-corrected chi connectivity index (χ2v) is 6.97. The van der Waals surface area contributed by atoms with Crippen molar-refractivity contribution < 1.29 is 4.74 Å². The fourth-order valence-corrected chi connectivity index (χ4v) is 3.69. The van der Waals surface area contributed by atoms with Crippen LogP contribution in [-0.2, 0) is 4.74 Å². The van der Waals surface area contributed by atoms with Gasteiger partial charge in [-0.3, -0.25) is 0 Å². The quantitative estimate of drug-likeness (QED) is 0.807. The summed E-state index contributed by atoms with van der Waals surface area (Å²) in [4.78, 5) is 0. The Kier molecular flexibility index (Phi) is 5.08. The Morgan fingerprint density at radius 3 is 2.50 bits per heavy atom. The summed E-state index contributed by atoms with van der Waals surface area (Å²) >= 11 is 0. The summed E-state index contributed by atoms with van der Waals surface area (Å²) in [7, 11) is 0. The van der Waals surface area contributed by atoms with Gasteiger partial charge in [0.1, 0.15) is 0 Å². The van der Waals surface area contributed by atoms with Gasteiger partial charge < -0.3 is 10.5 Å². The Morgan fingerprint density at radius 1 is 1.22 bits per heavy atom. The lowest BCUT2D eigenvalue weighted by Crippen LogP contribution is -2.44. The molecule has 2 rings (SSSR count). The lowest BCUT2D eigenvalue weighted by Gasteiger charge is -2.39. The van der Waals surface area contributed by atoms with Crippen LogP contribution in [0, 0.1) is 11.8 Å². The Balaban J connectivity index is 1.65. The number of nitrogens with two attached hydrogens (primary N) is 1. The zero-order chi connectivity index (χ0) is 13.0. The van der Waals surface area contributed by atoms with E-state index in [2.05, 4.69) is 13.8 Å². The number of hydrogen-bond donors (Lipinski definition) is 1. The van der Waals surface area contributed by atoms with Crippen molar-refractivity contribution in [3.63, 3.8) is 0 Å². The topological polar surface area (TPSA) is 35.2 Å². The van der Waals surface area contributed by atoms with Gasteiger partial charge in [-0.25, -0.2) is 0 Å². The first-order valence-corrected chi connectivity index (χ1v) is 7.99. The third-order valence-electron chi connectivity index (χ3n) is 5.19. The van der Waals surface area contributed by atoms with Crippen molar-refractivity contribution >= 4 is 0 Å². The van der Waals surface area contributed by atoms with E-state index in [-0.39, 0.29) is 5.54 Å². The van der Waals surface area contributed by atoms with Crippen LogP contribution in [0.5, 0.6) is 0 Å². The molecule has 2 N–H and O–H groups in total. The van der Waals surface area contributed by atoms with Gasteiger partial charge in [0.15, 0.2) is 0 Å². The highest BCUT2D eigenvalue weighted by Gasteiger charge is 2.32. The normalized spacial score (nSPS) is 37.3. The summed E-state index contributed by atoms with van der Waals surface area (Å²) in [6, 6.07) is 0. The standard InChI is InChI=1S/C16H31NO/c1-13(2)14-7-10-16(17,11-8-14)9-3-5-15-6-4-12-18-15/h13-15H,3-12,17H2,1-2H3. The van der Waals surface area contributed by atoms with Crippen molar-refractivity contribution in [2.75, 3.05) is 6.61 Å². The van der Waals surface area contributed by atoms with E-state index in [1.54, 1.807) is 0 Å². The molecule has 0 amide bonds. The minimum atomic E-state index is 0.143. The molecule has 1 heterocycles.